The van der Waals surface area contributed by atoms with Gasteiger partial charge in [0.2, 0.25) is 0 Å². The Balaban J connectivity index is 1.80. The molecule has 0 aliphatic carbocycles. The summed E-state index contributed by atoms with van der Waals surface area (Å²) in [5.74, 6) is -0.240. The monoisotopic (exact) mass is 308 g/mol. The number of aromatic nitrogens is 2. The number of nitrogens with zero attached hydrogens (tertiary/aromatic N) is 1. The third-order valence-corrected chi connectivity index (χ3v) is 4.17. The molecule has 1 aromatic heterocycles. The summed E-state index contributed by atoms with van der Waals surface area (Å²) in [5, 5.41) is 2.64. The van der Waals surface area contributed by atoms with E-state index >= 15 is 0 Å². The van der Waals surface area contributed by atoms with E-state index < -0.39 is 10.0 Å². The first kappa shape index (κ1) is 15.2. The van der Waals surface area contributed by atoms with Crippen molar-refractivity contribution in [2.45, 2.75) is 11.9 Å². The van der Waals surface area contributed by atoms with Crippen molar-refractivity contribution in [2.75, 3.05) is 13.1 Å². The zero-order valence-corrected chi connectivity index (χ0v) is 12.3. The minimum absolute atomic E-state index is 0.00707. The Morgan fingerprint density at radius 3 is 2.57 bits per heavy atom. The number of sulfonamides is 1. The largest absolute Gasteiger partial charge is 0.351 e. The Kier molecular flexibility index (Phi) is 4.71. The highest BCUT2D eigenvalue weighted by molar-refractivity contribution is 7.89. The maximum Gasteiger partial charge on any atom is 0.257 e. The lowest BCUT2D eigenvalue weighted by Gasteiger charge is -2.07. The van der Waals surface area contributed by atoms with Gasteiger partial charge in [0.25, 0.3) is 15.9 Å². The minimum atomic E-state index is -3.60. The maximum absolute atomic E-state index is 11.8. The number of carbonyl (C=O) groups is 1. The van der Waals surface area contributed by atoms with Crippen molar-refractivity contribution >= 4 is 15.9 Å². The molecule has 0 radical (unpaired) electrons. The standard InChI is InChI=1S/C13H16N4O3S/c1-10-2-4-11(5-3-10)13(18)15-6-7-17-21(19,20)12-8-14-9-16-12/h2-5,8-9,17H,6-7H2,1H3,(H,14,16)(H,15,18). The molecule has 0 aliphatic rings. The predicted octanol–water partition coefficient (Wildman–Crippen LogP) is 0.426. The number of amides is 1. The number of hydrogen-bond donors (Lipinski definition) is 3. The van der Waals surface area contributed by atoms with Gasteiger partial charge in [-0.25, -0.2) is 18.1 Å². The van der Waals surface area contributed by atoms with Crippen molar-refractivity contribution in [3.8, 4) is 0 Å². The van der Waals surface area contributed by atoms with Crippen LogP contribution in [-0.2, 0) is 10.0 Å². The van der Waals surface area contributed by atoms with E-state index in [1.165, 1.54) is 12.5 Å². The quantitative estimate of drug-likeness (QED) is 0.673. The predicted molar refractivity (Wildman–Crippen MR) is 77.3 cm³/mol. The van der Waals surface area contributed by atoms with Crippen molar-refractivity contribution in [3.63, 3.8) is 0 Å². The number of imidazole rings is 1. The number of carbonyl (C=O) groups excluding carboxylic acids is 1. The first-order valence-corrected chi connectivity index (χ1v) is 7.80. The average molecular weight is 308 g/mol. The molecule has 0 spiro atoms. The first-order valence-electron chi connectivity index (χ1n) is 6.32. The molecule has 21 heavy (non-hydrogen) atoms. The van der Waals surface area contributed by atoms with Crippen LogP contribution in [0.2, 0.25) is 0 Å². The molecule has 2 aromatic rings. The Bertz CT molecular complexity index is 694. The second-order valence-electron chi connectivity index (χ2n) is 4.44. The normalized spacial score (nSPS) is 11.3. The minimum Gasteiger partial charge on any atom is -0.351 e. The van der Waals surface area contributed by atoms with E-state index in [9.17, 15) is 13.2 Å². The molecule has 112 valence electrons. The van der Waals surface area contributed by atoms with E-state index in [4.69, 9.17) is 0 Å². The molecule has 0 saturated carbocycles. The van der Waals surface area contributed by atoms with Crippen LogP contribution in [0.1, 0.15) is 15.9 Å². The summed E-state index contributed by atoms with van der Waals surface area (Å²) in [7, 11) is -3.60. The van der Waals surface area contributed by atoms with Gasteiger partial charge in [-0.2, -0.15) is 0 Å². The zero-order chi connectivity index (χ0) is 15.3. The van der Waals surface area contributed by atoms with Crippen molar-refractivity contribution in [1.82, 2.24) is 20.0 Å². The van der Waals surface area contributed by atoms with Gasteiger partial charge in [0.1, 0.15) is 0 Å². The lowest BCUT2D eigenvalue weighted by Crippen LogP contribution is -2.34. The van der Waals surface area contributed by atoms with Gasteiger partial charge in [-0.05, 0) is 19.1 Å². The van der Waals surface area contributed by atoms with Crippen LogP contribution >= 0.6 is 0 Å². The molecule has 0 atom stereocenters. The van der Waals surface area contributed by atoms with Crippen LogP contribution in [0.15, 0.2) is 41.8 Å². The van der Waals surface area contributed by atoms with E-state index in [1.807, 2.05) is 19.1 Å². The molecule has 1 heterocycles. The summed E-state index contributed by atoms with van der Waals surface area (Å²) >= 11 is 0. The lowest BCUT2D eigenvalue weighted by atomic mass is 10.1. The van der Waals surface area contributed by atoms with Crippen LogP contribution in [0.25, 0.3) is 0 Å². The Hall–Kier alpha value is -2.19. The highest BCUT2D eigenvalue weighted by atomic mass is 32.2. The average Bonchev–Trinajstić information content (AvgIpc) is 2.99. The number of rotatable bonds is 6. The van der Waals surface area contributed by atoms with Crippen LogP contribution in [0.4, 0.5) is 0 Å². The fourth-order valence-corrected chi connectivity index (χ4v) is 2.57. The van der Waals surface area contributed by atoms with Crippen molar-refractivity contribution in [3.05, 3.63) is 47.9 Å². The summed E-state index contributed by atoms with van der Waals surface area (Å²) in [5.41, 5.74) is 1.61. The SMILES string of the molecule is Cc1ccc(C(=O)NCCNS(=O)(=O)c2cnc[nH]2)cc1. The topological polar surface area (TPSA) is 104 Å². The molecule has 0 aliphatic heterocycles. The second kappa shape index (κ2) is 6.51. The summed E-state index contributed by atoms with van der Waals surface area (Å²) in [4.78, 5) is 18.0. The molecule has 1 amide bonds. The first-order chi connectivity index (χ1) is 9.99. The van der Waals surface area contributed by atoms with Gasteiger partial charge >= 0.3 is 0 Å². The summed E-state index contributed by atoms with van der Waals surface area (Å²) in [6.07, 6.45) is 2.50. The van der Waals surface area contributed by atoms with Crippen LogP contribution in [0.3, 0.4) is 0 Å². The maximum atomic E-state index is 11.8. The summed E-state index contributed by atoms with van der Waals surface area (Å²) in [6.45, 7) is 2.23. The molecule has 0 unspecified atom stereocenters. The molecule has 0 bridgehead atoms. The fraction of sp³-hybridized carbons (Fsp3) is 0.231. The van der Waals surface area contributed by atoms with Crippen LogP contribution < -0.4 is 10.0 Å². The molecule has 2 rings (SSSR count). The Labute approximate surface area is 122 Å². The van der Waals surface area contributed by atoms with Crippen molar-refractivity contribution < 1.29 is 13.2 Å². The zero-order valence-electron chi connectivity index (χ0n) is 11.5. The van der Waals surface area contributed by atoms with Gasteiger partial charge in [-0.3, -0.25) is 4.79 Å². The fourth-order valence-electron chi connectivity index (χ4n) is 1.64. The molecule has 0 saturated heterocycles. The van der Waals surface area contributed by atoms with Crippen LogP contribution in [0, 0.1) is 6.92 Å². The van der Waals surface area contributed by atoms with E-state index in [2.05, 4.69) is 20.0 Å². The number of nitrogens with one attached hydrogen (secondary N) is 3. The van der Waals surface area contributed by atoms with Crippen molar-refractivity contribution in [2.24, 2.45) is 0 Å². The van der Waals surface area contributed by atoms with E-state index in [0.29, 0.717) is 5.56 Å². The molecular weight excluding hydrogens is 292 g/mol. The number of aromatic amines is 1. The highest BCUT2D eigenvalue weighted by Crippen LogP contribution is 2.03. The van der Waals surface area contributed by atoms with Gasteiger partial charge in [0.05, 0.1) is 12.5 Å². The summed E-state index contributed by atoms with van der Waals surface area (Å²) in [6, 6.07) is 7.13. The highest BCUT2D eigenvalue weighted by Gasteiger charge is 2.14. The number of hydrogen-bond acceptors (Lipinski definition) is 4. The molecule has 1 aromatic carbocycles. The second-order valence-corrected chi connectivity index (χ2v) is 6.17. The van der Waals surface area contributed by atoms with E-state index in [1.54, 1.807) is 12.1 Å². The van der Waals surface area contributed by atoms with E-state index in [0.717, 1.165) is 5.56 Å². The smallest absolute Gasteiger partial charge is 0.257 e. The summed E-state index contributed by atoms with van der Waals surface area (Å²) < 4.78 is 25.9. The lowest BCUT2D eigenvalue weighted by molar-refractivity contribution is 0.0954. The van der Waals surface area contributed by atoms with Gasteiger partial charge < -0.3 is 10.3 Å². The molecule has 7 nitrogen and oxygen atoms in total. The van der Waals surface area contributed by atoms with Gasteiger partial charge in [0.15, 0.2) is 5.03 Å². The number of benzene rings is 1. The van der Waals surface area contributed by atoms with Gasteiger partial charge in [0, 0.05) is 18.7 Å². The molecular formula is C13H16N4O3S. The van der Waals surface area contributed by atoms with Gasteiger partial charge in [-0.1, -0.05) is 17.7 Å². The van der Waals surface area contributed by atoms with Crippen molar-refractivity contribution in [1.29, 1.82) is 0 Å². The third kappa shape index (κ3) is 4.14. The Morgan fingerprint density at radius 1 is 1.24 bits per heavy atom. The van der Waals surface area contributed by atoms with E-state index in [-0.39, 0.29) is 24.0 Å². The van der Waals surface area contributed by atoms with Crippen LogP contribution in [0.5, 0.6) is 0 Å². The number of aryl methyl sites for hydroxylation is 1. The Morgan fingerprint density at radius 2 is 1.95 bits per heavy atom. The number of H-pyrrole nitrogens is 1. The molecule has 3 N–H and O–H groups in total. The molecule has 8 heteroatoms. The van der Waals surface area contributed by atoms with Gasteiger partial charge in [-0.15, -0.1) is 0 Å². The third-order valence-electron chi connectivity index (χ3n) is 2.78. The van der Waals surface area contributed by atoms with Crippen LogP contribution in [-0.4, -0.2) is 37.4 Å². The molecule has 0 fully saturated rings.